The van der Waals surface area contributed by atoms with Gasteiger partial charge in [0.15, 0.2) is 4.90 Å². The van der Waals surface area contributed by atoms with E-state index in [1.807, 2.05) is 30.3 Å². The number of benzene rings is 4. The molecule has 34 heavy (non-hydrogen) atoms. The number of fused-ring (bicyclic) bond motifs is 1. The lowest BCUT2D eigenvalue weighted by atomic mass is 9.93. The van der Waals surface area contributed by atoms with Gasteiger partial charge in [0, 0.05) is 11.6 Å². The molecule has 0 aliphatic carbocycles. The van der Waals surface area contributed by atoms with Gasteiger partial charge in [-0.2, -0.15) is 13.2 Å². The Hall–Kier alpha value is -3.29. The van der Waals surface area contributed by atoms with Crippen LogP contribution < -0.4 is 0 Å². The summed E-state index contributed by atoms with van der Waals surface area (Å²) in [5, 5.41) is 1.47. The van der Waals surface area contributed by atoms with E-state index in [0.717, 1.165) is 28.6 Å². The number of alkyl halides is 3. The normalized spacial score (nSPS) is 12.5. The quantitative estimate of drug-likeness (QED) is 0.225. The average molecular weight is 483 g/mol. The predicted molar refractivity (Wildman–Crippen MR) is 128 cm³/mol. The first-order valence-corrected chi connectivity index (χ1v) is 12.1. The molecule has 0 N–H and O–H groups in total. The molecule has 174 valence electrons. The minimum absolute atomic E-state index is 0.224. The van der Waals surface area contributed by atoms with Crippen molar-refractivity contribution in [3.05, 3.63) is 90.0 Å². The fraction of sp³-hybridized carbons (Fsp3) is 0.148. The second-order valence-corrected chi connectivity index (χ2v) is 9.06. The maximum atomic E-state index is 13.0. The van der Waals surface area contributed by atoms with Gasteiger partial charge in [-0.15, -0.1) is 0 Å². The van der Waals surface area contributed by atoms with Crippen LogP contribution in [0.15, 0.2) is 83.8 Å². The maximum Gasteiger partial charge on any atom is 0.416 e. The van der Waals surface area contributed by atoms with Crippen LogP contribution in [0.2, 0.25) is 0 Å². The van der Waals surface area contributed by atoms with E-state index in [4.69, 9.17) is 4.74 Å². The Kier molecular flexibility index (Phi) is 6.68. The van der Waals surface area contributed by atoms with E-state index in [-0.39, 0.29) is 6.61 Å². The zero-order valence-corrected chi connectivity index (χ0v) is 19.3. The lowest BCUT2D eigenvalue weighted by Gasteiger charge is -2.16. The Bertz CT molecular complexity index is 1330. The van der Waals surface area contributed by atoms with Gasteiger partial charge in [-0.25, -0.2) is 4.79 Å². The van der Waals surface area contributed by atoms with Crippen molar-refractivity contribution in [1.29, 1.82) is 0 Å². The third-order valence-corrected chi connectivity index (χ3v) is 6.44. The number of ether oxygens (including phenoxy) is 1. The lowest BCUT2D eigenvalue weighted by molar-refractivity contribution is -0.137. The van der Waals surface area contributed by atoms with E-state index in [0.29, 0.717) is 27.0 Å². The molecule has 0 amide bonds. The predicted octanol–water partition coefficient (Wildman–Crippen LogP) is 7.11. The van der Waals surface area contributed by atoms with E-state index in [2.05, 4.69) is 0 Å². The molecule has 0 aromatic heterocycles. The first kappa shape index (κ1) is 23.9. The van der Waals surface area contributed by atoms with E-state index in [9.17, 15) is 22.5 Å². The Morgan fingerprint density at radius 3 is 2.15 bits per heavy atom. The fourth-order valence-electron chi connectivity index (χ4n) is 3.88. The van der Waals surface area contributed by atoms with Gasteiger partial charge in [0.1, 0.15) is 6.26 Å². The Balaban J connectivity index is 1.98. The average Bonchev–Trinajstić information content (AvgIpc) is 2.82. The van der Waals surface area contributed by atoms with E-state index in [1.165, 1.54) is 18.4 Å². The summed E-state index contributed by atoms with van der Waals surface area (Å²) in [5.41, 5.74) is 2.29. The van der Waals surface area contributed by atoms with Crippen molar-refractivity contribution in [2.75, 3.05) is 12.9 Å². The maximum absolute atomic E-state index is 13.0. The summed E-state index contributed by atoms with van der Waals surface area (Å²) in [5.74, 6) is -0.471. The number of hydrogen-bond donors (Lipinski definition) is 0. The summed E-state index contributed by atoms with van der Waals surface area (Å²) < 4.78 is 57.0. The van der Waals surface area contributed by atoms with Crippen molar-refractivity contribution in [2.45, 2.75) is 18.0 Å². The third kappa shape index (κ3) is 4.81. The van der Waals surface area contributed by atoms with E-state index in [1.54, 1.807) is 31.2 Å². The Labute approximate surface area is 198 Å². The van der Waals surface area contributed by atoms with Gasteiger partial charge in [-0.3, -0.25) is 0 Å². The zero-order valence-electron chi connectivity index (χ0n) is 18.5. The van der Waals surface area contributed by atoms with Crippen LogP contribution in [0.4, 0.5) is 13.2 Å². The molecule has 0 radical (unpaired) electrons. The molecule has 0 heterocycles. The number of carbonyl (C=O) groups is 1. The molecule has 4 rings (SSSR count). The van der Waals surface area contributed by atoms with Crippen LogP contribution in [0.1, 0.15) is 22.8 Å². The van der Waals surface area contributed by atoms with Crippen molar-refractivity contribution < 1.29 is 27.3 Å². The summed E-state index contributed by atoms with van der Waals surface area (Å²) in [6.45, 7) is 1.95. The largest absolute Gasteiger partial charge is 0.612 e. The highest BCUT2D eigenvalue weighted by atomic mass is 32.2. The first-order valence-electron chi connectivity index (χ1n) is 10.5. The van der Waals surface area contributed by atoms with Crippen LogP contribution in [-0.4, -0.2) is 23.4 Å². The number of esters is 1. The van der Waals surface area contributed by atoms with Gasteiger partial charge in [0.25, 0.3) is 0 Å². The highest BCUT2D eigenvalue weighted by molar-refractivity contribution is 7.90. The molecule has 0 fully saturated rings. The van der Waals surface area contributed by atoms with Crippen molar-refractivity contribution in [3.8, 4) is 22.3 Å². The van der Waals surface area contributed by atoms with Crippen LogP contribution in [0.25, 0.3) is 33.0 Å². The van der Waals surface area contributed by atoms with Gasteiger partial charge in [0.2, 0.25) is 0 Å². The SMILES string of the molecule is CCOC(=O)c1cc(-c2ccccc2)c2cc([S+](C)[O-])c(-c3ccc(C(F)(F)F)cc3)cc2c1. The van der Waals surface area contributed by atoms with Crippen molar-refractivity contribution in [2.24, 2.45) is 0 Å². The highest BCUT2D eigenvalue weighted by Crippen LogP contribution is 2.38. The molecule has 0 saturated carbocycles. The molecular weight excluding hydrogens is 461 g/mol. The minimum atomic E-state index is -4.45. The van der Waals surface area contributed by atoms with Gasteiger partial charge < -0.3 is 9.29 Å². The first-order chi connectivity index (χ1) is 16.2. The summed E-state index contributed by atoms with van der Waals surface area (Å²) in [6.07, 6.45) is -2.92. The van der Waals surface area contributed by atoms with Gasteiger partial charge in [0.05, 0.1) is 17.7 Å². The van der Waals surface area contributed by atoms with Gasteiger partial charge in [-0.05, 0) is 75.9 Å². The molecule has 4 aromatic carbocycles. The molecule has 4 aromatic rings. The van der Waals surface area contributed by atoms with Crippen LogP contribution >= 0.6 is 0 Å². The fourth-order valence-corrected chi connectivity index (χ4v) is 4.65. The Morgan fingerprint density at radius 2 is 1.56 bits per heavy atom. The highest BCUT2D eigenvalue weighted by Gasteiger charge is 2.30. The molecular formula is C27H21F3O3S. The molecule has 0 spiro atoms. The number of halogens is 3. The van der Waals surface area contributed by atoms with Crippen LogP contribution in [0.3, 0.4) is 0 Å². The molecule has 7 heteroatoms. The standard InChI is InChI=1S/C27H21F3O3S/c1-3-33-26(31)20-13-19-14-24(18-9-11-21(12-10-18)27(28,29)30)25(34(2)32)16-23(19)22(15-20)17-7-5-4-6-8-17/h4-16H,3H2,1-2H3. The van der Waals surface area contributed by atoms with Gasteiger partial charge >= 0.3 is 12.1 Å². The number of carbonyl (C=O) groups excluding carboxylic acids is 1. The molecule has 1 atom stereocenters. The van der Waals surface area contributed by atoms with Crippen molar-refractivity contribution >= 4 is 27.9 Å². The summed E-state index contributed by atoms with van der Waals surface area (Å²) in [7, 11) is 0. The second kappa shape index (κ2) is 9.52. The Morgan fingerprint density at radius 1 is 0.912 bits per heavy atom. The second-order valence-electron chi connectivity index (χ2n) is 7.71. The lowest BCUT2D eigenvalue weighted by Crippen LogP contribution is -2.06. The smallest absolute Gasteiger partial charge is 0.416 e. The van der Waals surface area contributed by atoms with Gasteiger partial charge in [-0.1, -0.05) is 42.5 Å². The molecule has 0 bridgehead atoms. The molecule has 0 aliphatic heterocycles. The molecule has 3 nitrogen and oxygen atoms in total. The van der Waals surface area contributed by atoms with Crippen molar-refractivity contribution in [3.63, 3.8) is 0 Å². The zero-order chi connectivity index (χ0) is 24.5. The topological polar surface area (TPSA) is 49.4 Å². The van der Waals surface area contributed by atoms with E-state index >= 15 is 0 Å². The summed E-state index contributed by atoms with van der Waals surface area (Å²) >= 11 is -1.42. The minimum Gasteiger partial charge on any atom is -0.612 e. The summed E-state index contributed by atoms with van der Waals surface area (Å²) in [4.78, 5) is 13.0. The number of rotatable bonds is 5. The van der Waals surface area contributed by atoms with Crippen molar-refractivity contribution in [1.82, 2.24) is 0 Å². The molecule has 0 saturated heterocycles. The van der Waals surface area contributed by atoms with Crippen LogP contribution in [0, 0.1) is 0 Å². The molecule has 0 aliphatic rings. The number of hydrogen-bond acceptors (Lipinski definition) is 3. The summed E-state index contributed by atoms with van der Waals surface area (Å²) in [6, 6.07) is 21.2. The monoisotopic (exact) mass is 482 g/mol. The van der Waals surface area contributed by atoms with Crippen LogP contribution in [0.5, 0.6) is 0 Å². The van der Waals surface area contributed by atoms with E-state index < -0.39 is 28.9 Å². The third-order valence-electron chi connectivity index (χ3n) is 5.48. The van der Waals surface area contributed by atoms with Crippen LogP contribution in [-0.2, 0) is 22.1 Å². The molecule has 1 unspecified atom stereocenters.